The summed E-state index contributed by atoms with van der Waals surface area (Å²) in [6.45, 7) is 1.86. The van der Waals surface area contributed by atoms with Crippen molar-refractivity contribution in [3.8, 4) is 0 Å². The van der Waals surface area contributed by atoms with Crippen molar-refractivity contribution in [1.82, 2.24) is 0 Å². The summed E-state index contributed by atoms with van der Waals surface area (Å²) in [6.07, 6.45) is 0. The molecule has 3 nitrogen and oxygen atoms in total. The lowest BCUT2D eigenvalue weighted by Crippen LogP contribution is -2.23. The van der Waals surface area contributed by atoms with Gasteiger partial charge in [-0.15, -0.1) is 0 Å². The number of fused-ring (bicyclic) bond motifs is 2. The topological polar surface area (TPSA) is 46.2 Å². The van der Waals surface area contributed by atoms with Crippen LogP contribution in [0.25, 0.3) is 0 Å². The van der Waals surface area contributed by atoms with Crippen LogP contribution in [0.15, 0.2) is 36.4 Å². The summed E-state index contributed by atoms with van der Waals surface area (Å²) in [6, 6.07) is 10.7. The number of hydrogen-bond donors (Lipinski definition) is 1. The van der Waals surface area contributed by atoms with Crippen LogP contribution in [0, 0.1) is 6.92 Å². The monoisotopic (exact) mass is 251 g/mol. The number of ketones is 2. The molecule has 0 heterocycles. The predicted molar refractivity (Wildman–Crippen MR) is 74.0 cm³/mol. The number of nitrogens with one attached hydrogen (secondary N) is 1. The summed E-state index contributed by atoms with van der Waals surface area (Å²) >= 11 is 0. The Hall–Kier alpha value is -2.42. The Morgan fingerprint density at radius 1 is 0.842 bits per heavy atom. The van der Waals surface area contributed by atoms with E-state index in [0.717, 1.165) is 5.56 Å². The molecule has 0 spiro atoms. The number of carbonyl (C=O) groups excluding carboxylic acids is 2. The first-order valence-electron chi connectivity index (χ1n) is 6.15. The van der Waals surface area contributed by atoms with Crippen molar-refractivity contribution in [2.24, 2.45) is 0 Å². The Bertz CT molecular complexity index is 717. The van der Waals surface area contributed by atoms with Crippen LogP contribution < -0.4 is 5.32 Å². The molecule has 1 N–H and O–H groups in total. The third-order valence-corrected chi connectivity index (χ3v) is 3.55. The first-order chi connectivity index (χ1) is 9.15. The minimum absolute atomic E-state index is 0.0696. The van der Waals surface area contributed by atoms with Crippen molar-refractivity contribution in [2.75, 3.05) is 12.4 Å². The lowest BCUT2D eigenvalue weighted by molar-refractivity contribution is 0.0979. The fourth-order valence-electron chi connectivity index (χ4n) is 2.59. The predicted octanol–water partition coefficient (Wildman–Crippen LogP) is 2.81. The maximum absolute atomic E-state index is 12.6. The molecule has 3 heteroatoms. The van der Waals surface area contributed by atoms with Crippen molar-refractivity contribution in [3.63, 3.8) is 0 Å². The van der Waals surface area contributed by atoms with Gasteiger partial charge in [0.15, 0.2) is 11.6 Å². The fourth-order valence-corrected chi connectivity index (χ4v) is 2.59. The van der Waals surface area contributed by atoms with Crippen LogP contribution in [0.5, 0.6) is 0 Å². The standard InChI is InChI=1S/C16H13NO2/c1-9-7-8-12(17-2)14-13(9)15(18)10-5-3-4-6-11(10)16(14)19/h3-8,17H,1-2H3. The second-order valence-corrected chi connectivity index (χ2v) is 4.63. The molecule has 0 radical (unpaired) electrons. The first-order valence-corrected chi connectivity index (χ1v) is 6.15. The molecular weight excluding hydrogens is 238 g/mol. The smallest absolute Gasteiger partial charge is 0.196 e. The number of hydrogen-bond acceptors (Lipinski definition) is 3. The molecule has 0 aromatic heterocycles. The molecule has 0 saturated heterocycles. The number of anilines is 1. The van der Waals surface area contributed by atoms with Gasteiger partial charge in [0.2, 0.25) is 0 Å². The van der Waals surface area contributed by atoms with Crippen molar-refractivity contribution in [2.45, 2.75) is 6.92 Å². The Kier molecular flexibility index (Phi) is 2.49. The van der Waals surface area contributed by atoms with E-state index in [1.165, 1.54) is 0 Å². The summed E-state index contributed by atoms with van der Waals surface area (Å²) in [4.78, 5) is 25.2. The van der Waals surface area contributed by atoms with Gasteiger partial charge in [-0.2, -0.15) is 0 Å². The molecule has 94 valence electrons. The van der Waals surface area contributed by atoms with Crippen LogP contribution in [0.4, 0.5) is 5.69 Å². The van der Waals surface area contributed by atoms with Gasteiger partial charge in [-0.25, -0.2) is 0 Å². The van der Waals surface area contributed by atoms with E-state index in [9.17, 15) is 9.59 Å². The van der Waals surface area contributed by atoms with Gasteiger partial charge in [0.05, 0.1) is 5.56 Å². The van der Waals surface area contributed by atoms with Crippen molar-refractivity contribution < 1.29 is 9.59 Å². The molecule has 0 atom stereocenters. The highest BCUT2D eigenvalue weighted by Gasteiger charge is 2.32. The van der Waals surface area contributed by atoms with E-state index in [1.807, 2.05) is 19.1 Å². The lowest BCUT2D eigenvalue weighted by Gasteiger charge is -2.21. The van der Waals surface area contributed by atoms with Gasteiger partial charge < -0.3 is 5.32 Å². The molecule has 19 heavy (non-hydrogen) atoms. The van der Waals surface area contributed by atoms with Gasteiger partial charge in [-0.1, -0.05) is 30.3 Å². The number of carbonyl (C=O) groups is 2. The Morgan fingerprint density at radius 2 is 1.42 bits per heavy atom. The molecular formula is C16H13NO2. The second-order valence-electron chi connectivity index (χ2n) is 4.63. The van der Waals surface area contributed by atoms with Crippen LogP contribution in [0.1, 0.15) is 37.4 Å². The molecule has 0 bridgehead atoms. The van der Waals surface area contributed by atoms with Gasteiger partial charge in [0.1, 0.15) is 0 Å². The van der Waals surface area contributed by atoms with E-state index in [1.54, 1.807) is 31.3 Å². The molecule has 0 fully saturated rings. The highest BCUT2D eigenvalue weighted by Crippen LogP contribution is 2.33. The van der Waals surface area contributed by atoms with Crippen LogP contribution in [0.2, 0.25) is 0 Å². The highest BCUT2D eigenvalue weighted by molar-refractivity contribution is 6.30. The fraction of sp³-hybridized carbons (Fsp3) is 0.125. The third kappa shape index (κ3) is 1.51. The van der Waals surface area contributed by atoms with E-state index in [-0.39, 0.29) is 11.6 Å². The Morgan fingerprint density at radius 3 is 2.00 bits per heavy atom. The first kappa shape index (κ1) is 11.7. The van der Waals surface area contributed by atoms with Crippen molar-refractivity contribution in [3.05, 3.63) is 64.2 Å². The maximum atomic E-state index is 12.6. The number of rotatable bonds is 1. The zero-order valence-electron chi connectivity index (χ0n) is 10.8. The van der Waals surface area contributed by atoms with Gasteiger partial charge in [-0.3, -0.25) is 9.59 Å². The van der Waals surface area contributed by atoms with Crippen molar-refractivity contribution in [1.29, 1.82) is 0 Å². The summed E-state index contributed by atoms with van der Waals surface area (Å²) in [5, 5.41) is 2.99. The van der Waals surface area contributed by atoms with Gasteiger partial charge in [-0.05, 0) is 18.6 Å². The van der Waals surface area contributed by atoms with E-state index in [4.69, 9.17) is 0 Å². The molecule has 2 aromatic rings. The van der Waals surface area contributed by atoms with Crippen LogP contribution >= 0.6 is 0 Å². The van der Waals surface area contributed by atoms with E-state index in [2.05, 4.69) is 5.32 Å². The number of aryl methyl sites for hydroxylation is 1. The molecule has 1 aliphatic carbocycles. The molecule has 0 unspecified atom stereocenters. The zero-order chi connectivity index (χ0) is 13.6. The van der Waals surface area contributed by atoms with Crippen LogP contribution in [0.3, 0.4) is 0 Å². The molecule has 0 amide bonds. The quantitative estimate of drug-likeness (QED) is 0.723. The molecule has 3 rings (SSSR count). The minimum atomic E-state index is -0.0850. The van der Waals surface area contributed by atoms with E-state index >= 15 is 0 Å². The summed E-state index contributed by atoms with van der Waals surface area (Å²) in [5.74, 6) is -0.155. The Balaban J connectivity index is 2.38. The normalized spacial score (nSPS) is 12.9. The van der Waals surface area contributed by atoms with Crippen LogP contribution in [-0.4, -0.2) is 18.6 Å². The summed E-state index contributed by atoms with van der Waals surface area (Å²) in [7, 11) is 1.75. The lowest BCUT2D eigenvalue weighted by atomic mass is 9.81. The minimum Gasteiger partial charge on any atom is -0.388 e. The van der Waals surface area contributed by atoms with E-state index < -0.39 is 0 Å². The SMILES string of the molecule is CNc1ccc(C)c2c1C(=O)c1ccccc1C2=O. The average molecular weight is 251 g/mol. The second kappa shape index (κ2) is 4.05. The summed E-state index contributed by atoms with van der Waals surface area (Å²) < 4.78 is 0. The Labute approximate surface area is 111 Å². The highest BCUT2D eigenvalue weighted by atomic mass is 16.1. The molecule has 0 aliphatic heterocycles. The summed E-state index contributed by atoms with van der Waals surface area (Å²) in [5.41, 5.74) is 3.54. The molecule has 0 saturated carbocycles. The van der Waals surface area contributed by atoms with E-state index in [0.29, 0.717) is 27.9 Å². The van der Waals surface area contributed by atoms with Gasteiger partial charge in [0.25, 0.3) is 0 Å². The van der Waals surface area contributed by atoms with Crippen molar-refractivity contribution >= 4 is 17.3 Å². The average Bonchev–Trinajstić information content (AvgIpc) is 2.44. The van der Waals surface area contributed by atoms with Crippen LogP contribution in [-0.2, 0) is 0 Å². The number of benzene rings is 2. The van der Waals surface area contributed by atoms with Gasteiger partial charge >= 0.3 is 0 Å². The molecule has 2 aromatic carbocycles. The maximum Gasteiger partial charge on any atom is 0.196 e. The third-order valence-electron chi connectivity index (χ3n) is 3.55. The molecule has 1 aliphatic rings. The van der Waals surface area contributed by atoms with Gasteiger partial charge in [0, 0.05) is 29.4 Å². The zero-order valence-corrected chi connectivity index (χ0v) is 10.8. The largest absolute Gasteiger partial charge is 0.388 e.